The predicted octanol–water partition coefficient (Wildman–Crippen LogP) is 5.33. The third-order valence-electron chi connectivity index (χ3n) is 3.28. The summed E-state index contributed by atoms with van der Waals surface area (Å²) >= 11 is 6.67. The van der Waals surface area contributed by atoms with Crippen molar-refractivity contribution in [2.75, 3.05) is 5.32 Å². The number of fused-ring (bicyclic) bond motifs is 1. The van der Waals surface area contributed by atoms with Crippen LogP contribution in [-0.4, -0.2) is 14.4 Å². The maximum absolute atomic E-state index is 4.70. The summed E-state index contributed by atoms with van der Waals surface area (Å²) in [6.07, 6.45) is 2.04. The molecular weight excluding hydrogens is 380 g/mol. The van der Waals surface area contributed by atoms with Crippen molar-refractivity contribution in [3.8, 4) is 11.4 Å². The van der Waals surface area contributed by atoms with Crippen molar-refractivity contribution >= 4 is 54.4 Å². The average Bonchev–Trinajstić information content (AvgIpc) is 3.17. The van der Waals surface area contributed by atoms with Gasteiger partial charge in [-0.2, -0.15) is 0 Å². The Kier molecular flexibility index (Phi) is 3.48. The molecule has 0 aliphatic rings. The number of anilines is 2. The van der Waals surface area contributed by atoms with Gasteiger partial charge in [0, 0.05) is 27.1 Å². The second-order valence-electron chi connectivity index (χ2n) is 4.77. The molecule has 0 saturated carbocycles. The lowest BCUT2D eigenvalue weighted by Crippen LogP contribution is -1.90. The maximum Gasteiger partial charge on any atom is 0.194 e. The molecule has 1 N–H and O–H groups in total. The van der Waals surface area contributed by atoms with Gasteiger partial charge >= 0.3 is 0 Å². The fourth-order valence-electron chi connectivity index (χ4n) is 2.30. The van der Waals surface area contributed by atoms with Crippen LogP contribution in [0.2, 0.25) is 0 Å². The fraction of sp³-hybridized carbons (Fsp3) is 0.0667. The largest absolute Gasteiger partial charge is 0.332 e. The lowest BCUT2D eigenvalue weighted by Gasteiger charge is -2.02. The molecule has 0 radical (unpaired) electrons. The molecule has 4 rings (SSSR count). The van der Waals surface area contributed by atoms with E-state index in [4.69, 9.17) is 4.98 Å². The number of nitrogens with zero attached hydrogens (tertiary/aromatic N) is 3. The minimum absolute atomic E-state index is 0.877. The molecule has 0 atom stereocenters. The van der Waals surface area contributed by atoms with E-state index in [1.165, 1.54) is 0 Å². The van der Waals surface area contributed by atoms with Gasteiger partial charge < -0.3 is 5.32 Å². The number of aromatic nitrogens is 3. The topological polar surface area (TPSA) is 42.2 Å². The summed E-state index contributed by atoms with van der Waals surface area (Å²) < 4.78 is 3.16. The molecule has 7 heteroatoms. The van der Waals surface area contributed by atoms with E-state index < -0.39 is 0 Å². The molecule has 0 unspecified atom stereocenters. The third-order valence-corrected chi connectivity index (χ3v) is 5.32. The van der Waals surface area contributed by atoms with Crippen molar-refractivity contribution in [3.05, 3.63) is 51.4 Å². The number of halogens is 1. The Morgan fingerprint density at radius 1 is 1.14 bits per heavy atom. The lowest BCUT2D eigenvalue weighted by atomic mass is 10.3. The first-order valence-electron chi connectivity index (χ1n) is 6.61. The van der Waals surface area contributed by atoms with Gasteiger partial charge in [-0.3, -0.25) is 4.40 Å². The van der Waals surface area contributed by atoms with Crippen molar-refractivity contribution in [2.45, 2.75) is 6.92 Å². The number of hydrogen-bond donors (Lipinski definition) is 1. The first kappa shape index (κ1) is 13.9. The van der Waals surface area contributed by atoms with Crippen LogP contribution in [0.4, 0.5) is 10.8 Å². The Morgan fingerprint density at radius 2 is 1.95 bits per heavy atom. The minimum Gasteiger partial charge on any atom is -0.332 e. The zero-order valence-corrected chi connectivity index (χ0v) is 14.8. The Hall–Kier alpha value is -1.70. The number of thiazole rings is 2. The second kappa shape index (κ2) is 5.49. The van der Waals surface area contributed by atoms with Crippen LogP contribution in [0.5, 0.6) is 0 Å². The zero-order chi connectivity index (χ0) is 15.1. The van der Waals surface area contributed by atoms with Crippen molar-refractivity contribution in [1.29, 1.82) is 0 Å². The van der Waals surface area contributed by atoms with Crippen molar-refractivity contribution in [3.63, 3.8) is 0 Å². The fourth-order valence-corrected chi connectivity index (χ4v) is 4.04. The quantitative estimate of drug-likeness (QED) is 0.513. The maximum atomic E-state index is 4.70. The molecule has 4 aromatic rings. The van der Waals surface area contributed by atoms with Crippen molar-refractivity contribution in [1.82, 2.24) is 14.4 Å². The van der Waals surface area contributed by atoms with E-state index in [-0.39, 0.29) is 0 Å². The van der Waals surface area contributed by atoms with E-state index in [0.29, 0.717) is 0 Å². The Balaban J connectivity index is 1.67. The second-order valence-corrected chi connectivity index (χ2v) is 7.42. The van der Waals surface area contributed by atoms with Gasteiger partial charge in [-0.15, -0.1) is 22.7 Å². The molecule has 1 aromatic carbocycles. The van der Waals surface area contributed by atoms with Crippen LogP contribution < -0.4 is 5.32 Å². The number of nitrogens with one attached hydrogen (secondary N) is 1. The third kappa shape index (κ3) is 2.45. The number of imidazole rings is 1. The summed E-state index contributed by atoms with van der Waals surface area (Å²) in [5.74, 6) is 0. The van der Waals surface area contributed by atoms with Crippen LogP contribution in [0.3, 0.4) is 0 Å². The standard InChI is InChI=1S/C15H11BrN4S2/c1-9-13(20-6-7-21-15(20)17-9)12-8-22-14(19-12)18-11-4-2-10(16)3-5-11/h2-8H,1H3,(H,18,19). The summed E-state index contributed by atoms with van der Waals surface area (Å²) in [7, 11) is 0. The zero-order valence-electron chi connectivity index (χ0n) is 11.6. The molecule has 0 amide bonds. The van der Waals surface area contributed by atoms with Crippen LogP contribution in [0, 0.1) is 6.92 Å². The predicted molar refractivity (Wildman–Crippen MR) is 96.3 cm³/mol. The Morgan fingerprint density at radius 3 is 2.77 bits per heavy atom. The number of hydrogen-bond acceptors (Lipinski definition) is 5. The molecule has 3 heterocycles. The van der Waals surface area contributed by atoms with E-state index in [1.54, 1.807) is 22.7 Å². The number of aryl methyl sites for hydroxylation is 1. The molecule has 3 aromatic heterocycles. The van der Waals surface area contributed by atoms with Crippen molar-refractivity contribution in [2.24, 2.45) is 0 Å². The van der Waals surface area contributed by atoms with E-state index >= 15 is 0 Å². The van der Waals surface area contributed by atoms with Crippen LogP contribution in [0.15, 0.2) is 45.7 Å². The summed E-state index contributed by atoms with van der Waals surface area (Å²) in [6.45, 7) is 2.02. The van der Waals surface area contributed by atoms with E-state index in [1.807, 2.05) is 42.8 Å². The molecular formula is C15H11BrN4S2. The summed E-state index contributed by atoms with van der Waals surface area (Å²) in [5, 5.41) is 8.32. The molecule has 0 fully saturated rings. The Bertz CT molecular complexity index is 936. The Labute approximate surface area is 143 Å². The number of benzene rings is 1. The average molecular weight is 391 g/mol. The SMILES string of the molecule is Cc1nc2sccn2c1-c1csc(Nc2ccc(Br)cc2)n1. The van der Waals surface area contributed by atoms with Crippen LogP contribution in [-0.2, 0) is 0 Å². The lowest BCUT2D eigenvalue weighted by molar-refractivity contribution is 1.20. The van der Waals surface area contributed by atoms with E-state index in [2.05, 4.69) is 36.0 Å². The van der Waals surface area contributed by atoms with Gasteiger partial charge in [0.2, 0.25) is 0 Å². The summed E-state index contributed by atoms with van der Waals surface area (Å²) in [6, 6.07) is 8.05. The molecule has 0 saturated heterocycles. The summed E-state index contributed by atoms with van der Waals surface area (Å²) in [4.78, 5) is 10.3. The number of rotatable bonds is 3. The van der Waals surface area contributed by atoms with Gasteiger partial charge in [-0.05, 0) is 31.2 Å². The van der Waals surface area contributed by atoms with Gasteiger partial charge in [0.05, 0.1) is 11.4 Å². The molecule has 0 bridgehead atoms. The van der Waals surface area contributed by atoms with Gasteiger partial charge in [-0.25, -0.2) is 9.97 Å². The highest BCUT2D eigenvalue weighted by Crippen LogP contribution is 2.31. The normalized spacial score (nSPS) is 11.2. The molecule has 0 spiro atoms. The minimum atomic E-state index is 0.877. The van der Waals surface area contributed by atoms with Gasteiger partial charge in [-0.1, -0.05) is 15.9 Å². The van der Waals surface area contributed by atoms with Gasteiger partial charge in [0.15, 0.2) is 10.1 Å². The molecule has 22 heavy (non-hydrogen) atoms. The highest BCUT2D eigenvalue weighted by atomic mass is 79.9. The van der Waals surface area contributed by atoms with Crippen LogP contribution >= 0.6 is 38.6 Å². The highest BCUT2D eigenvalue weighted by Gasteiger charge is 2.14. The van der Waals surface area contributed by atoms with Crippen LogP contribution in [0.1, 0.15) is 5.69 Å². The molecule has 0 aliphatic heterocycles. The monoisotopic (exact) mass is 390 g/mol. The van der Waals surface area contributed by atoms with E-state index in [0.717, 1.165) is 37.3 Å². The first-order valence-corrected chi connectivity index (χ1v) is 9.16. The highest BCUT2D eigenvalue weighted by molar-refractivity contribution is 9.10. The summed E-state index contributed by atoms with van der Waals surface area (Å²) in [5.41, 5.74) is 4.05. The molecule has 110 valence electrons. The molecule has 4 nitrogen and oxygen atoms in total. The first-order chi connectivity index (χ1) is 10.7. The smallest absolute Gasteiger partial charge is 0.194 e. The van der Waals surface area contributed by atoms with Crippen molar-refractivity contribution < 1.29 is 0 Å². The van der Waals surface area contributed by atoms with Crippen LogP contribution in [0.25, 0.3) is 16.3 Å². The van der Waals surface area contributed by atoms with E-state index in [9.17, 15) is 0 Å². The van der Waals surface area contributed by atoms with Gasteiger partial charge in [0.1, 0.15) is 5.69 Å². The van der Waals surface area contributed by atoms with Gasteiger partial charge in [0.25, 0.3) is 0 Å². The molecule has 0 aliphatic carbocycles.